The molecule has 1 heteroatoms. The van der Waals surface area contributed by atoms with Crippen molar-refractivity contribution in [2.45, 2.75) is 6.92 Å². The lowest BCUT2D eigenvalue weighted by molar-refractivity contribution is 0.669. The van der Waals surface area contributed by atoms with Crippen molar-refractivity contribution in [2.75, 3.05) is 0 Å². The van der Waals surface area contributed by atoms with Gasteiger partial charge in [0.05, 0.1) is 0 Å². The van der Waals surface area contributed by atoms with E-state index in [0.29, 0.717) is 0 Å². The third kappa shape index (κ3) is 4.32. The molecule has 0 bridgehead atoms. The van der Waals surface area contributed by atoms with Gasteiger partial charge in [0.15, 0.2) is 0 Å². The fourth-order valence-corrected chi connectivity index (χ4v) is 7.67. The third-order valence-electron chi connectivity index (χ3n) is 9.78. The fraction of sp³-hybridized carbons (Fsp3) is 0.0213. The van der Waals surface area contributed by atoms with Crippen LogP contribution >= 0.6 is 0 Å². The maximum Gasteiger partial charge on any atom is 0.136 e. The molecule has 0 amide bonds. The van der Waals surface area contributed by atoms with Crippen LogP contribution in [-0.2, 0) is 0 Å². The summed E-state index contributed by atoms with van der Waals surface area (Å²) in [5.74, 6) is 0. The topological polar surface area (TPSA) is 13.1 Å². The van der Waals surface area contributed by atoms with E-state index in [1.165, 1.54) is 76.8 Å². The summed E-state index contributed by atoms with van der Waals surface area (Å²) in [7, 11) is 0. The Morgan fingerprint density at radius 3 is 1.75 bits per heavy atom. The number of allylic oxidation sites excluding steroid dienone is 2. The maximum absolute atomic E-state index is 6.52. The first-order chi connectivity index (χ1) is 23.7. The van der Waals surface area contributed by atoms with Crippen LogP contribution in [0.2, 0.25) is 0 Å². The van der Waals surface area contributed by atoms with Gasteiger partial charge >= 0.3 is 0 Å². The molecule has 1 aromatic heterocycles. The predicted molar refractivity (Wildman–Crippen MR) is 206 cm³/mol. The standard InChI is InChI=1S/C47H32O/c1-3-14-35(34-17-6-4-15-30(34)2)31-25-27-32(28-26-31)44-37-19-8-10-21-39(37)45(40-22-11-9-20-38(40)44)47-36-18-7-5-16-33(36)29-43-46(47)41-23-12-13-24-42(41)48-43/h3-29H,1H2,2H3/b35-14-. The van der Waals surface area contributed by atoms with Gasteiger partial charge < -0.3 is 4.42 Å². The second-order valence-corrected chi connectivity index (χ2v) is 12.5. The first-order valence-electron chi connectivity index (χ1n) is 16.5. The van der Waals surface area contributed by atoms with E-state index in [1.807, 2.05) is 12.1 Å². The molecule has 0 N–H and O–H groups in total. The minimum absolute atomic E-state index is 0.907. The molecular weight excluding hydrogens is 581 g/mol. The van der Waals surface area contributed by atoms with Gasteiger partial charge in [0.2, 0.25) is 0 Å². The van der Waals surface area contributed by atoms with Gasteiger partial charge in [0.1, 0.15) is 11.2 Å². The first kappa shape index (κ1) is 28.1. The van der Waals surface area contributed by atoms with Crippen LogP contribution in [0.1, 0.15) is 16.7 Å². The molecular formula is C47H32O. The Hall–Kier alpha value is -6.18. The second-order valence-electron chi connectivity index (χ2n) is 12.5. The lowest BCUT2D eigenvalue weighted by atomic mass is 9.83. The van der Waals surface area contributed by atoms with Crippen LogP contribution in [0.3, 0.4) is 0 Å². The molecule has 0 fully saturated rings. The van der Waals surface area contributed by atoms with E-state index in [0.717, 1.165) is 21.9 Å². The Morgan fingerprint density at radius 2 is 1.08 bits per heavy atom. The van der Waals surface area contributed by atoms with E-state index < -0.39 is 0 Å². The fourth-order valence-electron chi connectivity index (χ4n) is 7.67. The van der Waals surface area contributed by atoms with Crippen molar-refractivity contribution in [3.05, 3.63) is 187 Å². The van der Waals surface area contributed by atoms with Crippen molar-refractivity contribution in [1.29, 1.82) is 0 Å². The van der Waals surface area contributed by atoms with E-state index in [4.69, 9.17) is 4.42 Å². The van der Waals surface area contributed by atoms with E-state index >= 15 is 0 Å². The Balaban J connectivity index is 1.35. The van der Waals surface area contributed by atoms with Crippen molar-refractivity contribution in [3.63, 3.8) is 0 Å². The molecule has 48 heavy (non-hydrogen) atoms. The minimum atomic E-state index is 0.907. The second kappa shape index (κ2) is 11.3. The number of hydrogen-bond donors (Lipinski definition) is 0. The van der Waals surface area contributed by atoms with Gasteiger partial charge in [-0.25, -0.2) is 0 Å². The summed E-state index contributed by atoms with van der Waals surface area (Å²) in [6.07, 6.45) is 3.99. The lowest BCUT2D eigenvalue weighted by Crippen LogP contribution is -1.94. The smallest absolute Gasteiger partial charge is 0.136 e. The molecule has 1 nitrogen and oxygen atoms in total. The molecule has 0 spiro atoms. The van der Waals surface area contributed by atoms with Crippen molar-refractivity contribution in [3.8, 4) is 22.3 Å². The van der Waals surface area contributed by atoms with Crippen molar-refractivity contribution in [2.24, 2.45) is 0 Å². The average Bonchev–Trinajstić information content (AvgIpc) is 3.51. The Bertz CT molecular complexity index is 2680. The highest BCUT2D eigenvalue weighted by Crippen LogP contribution is 2.49. The summed E-state index contributed by atoms with van der Waals surface area (Å²) in [6, 6.07) is 54.7. The normalized spacial score (nSPS) is 12.1. The molecule has 8 aromatic carbocycles. The monoisotopic (exact) mass is 612 g/mol. The molecule has 0 saturated carbocycles. The molecule has 1 heterocycles. The number of benzene rings is 8. The molecule has 0 radical (unpaired) electrons. The third-order valence-corrected chi connectivity index (χ3v) is 9.78. The van der Waals surface area contributed by atoms with E-state index in [1.54, 1.807) is 0 Å². The zero-order valence-electron chi connectivity index (χ0n) is 26.7. The number of aryl methyl sites for hydroxylation is 1. The van der Waals surface area contributed by atoms with Crippen LogP contribution in [-0.4, -0.2) is 0 Å². The molecule has 0 atom stereocenters. The van der Waals surface area contributed by atoms with Gasteiger partial charge in [-0.15, -0.1) is 0 Å². The molecule has 0 saturated heterocycles. The van der Waals surface area contributed by atoms with Gasteiger partial charge in [-0.3, -0.25) is 0 Å². The molecule has 9 aromatic rings. The largest absolute Gasteiger partial charge is 0.456 e. The SMILES string of the molecule is C=C/C=C(/c1ccc(-c2c3ccccc3c(-c3c4ccccc4cc4oc5ccccc5c34)c3ccccc23)cc1)c1ccccc1C. The Labute approximate surface area is 279 Å². The highest BCUT2D eigenvalue weighted by Gasteiger charge is 2.22. The predicted octanol–water partition coefficient (Wildman–Crippen LogP) is 13.3. The average molecular weight is 613 g/mol. The van der Waals surface area contributed by atoms with Crippen LogP contribution in [0.5, 0.6) is 0 Å². The molecule has 226 valence electrons. The molecule has 0 aliphatic heterocycles. The Kier molecular flexibility index (Phi) is 6.59. The van der Waals surface area contributed by atoms with E-state index in [-0.39, 0.29) is 0 Å². The van der Waals surface area contributed by atoms with Crippen molar-refractivity contribution >= 4 is 59.8 Å². The van der Waals surface area contributed by atoms with Crippen LogP contribution in [0, 0.1) is 6.92 Å². The molecule has 0 unspecified atom stereocenters. The summed E-state index contributed by atoms with van der Waals surface area (Å²) in [6.45, 7) is 6.18. The molecule has 0 aliphatic carbocycles. The quantitative estimate of drug-likeness (QED) is 0.139. The van der Waals surface area contributed by atoms with Crippen LogP contribution < -0.4 is 0 Å². The lowest BCUT2D eigenvalue weighted by Gasteiger charge is -2.20. The summed E-state index contributed by atoms with van der Waals surface area (Å²) >= 11 is 0. The van der Waals surface area contributed by atoms with Gasteiger partial charge in [0, 0.05) is 16.3 Å². The van der Waals surface area contributed by atoms with Crippen LogP contribution in [0.4, 0.5) is 0 Å². The summed E-state index contributed by atoms with van der Waals surface area (Å²) in [4.78, 5) is 0. The van der Waals surface area contributed by atoms with Crippen LogP contribution in [0.15, 0.2) is 175 Å². The Morgan fingerprint density at radius 1 is 0.521 bits per heavy atom. The van der Waals surface area contributed by atoms with Gasteiger partial charge in [-0.2, -0.15) is 0 Å². The maximum atomic E-state index is 6.52. The highest BCUT2D eigenvalue weighted by molar-refractivity contribution is 6.30. The zero-order valence-corrected chi connectivity index (χ0v) is 26.7. The minimum Gasteiger partial charge on any atom is -0.456 e. The van der Waals surface area contributed by atoms with Crippen LogP contribution in [0.25, 0.3) is 82.1 Å². The molecule has 0 aliphatic rings. The molecule has 9 rings (SSSR count). The van der Waals surface area contributed by atoms with E-state index in [9.17, 15) is 0 Å². The van der Waals surface area contributed by atoms with E-state index in [2.05, 4.69) is 165 Å². The zero-order chi connectivity index (χ0) is 32.2. The number of para-hydroxylation sites is 1. The number of fused-ring (bicyclic) bond motifs is 6. The number of furan rings is 1. The van der Waals surface area contributed by atoms with Crippen molar-refractivity contribution < 1.29 is 4.42 Å². The first-order valence-corrected chi connectivity index (χ1v) is 16.5. The number of rotatable bonds is 5. The summed E-state index contributed by atoms with van der Waals surface area (Å²) in [5.41, 5.74) is 11.5. The van der Waals surface area contributed by atoms with Gasteiger partial charge in [0.25, 0.3) is 0 Å². The van der Waals surface area contributed by atoms with Gasteiger partial charge in [-0.1, -0.05) is 158 Å². The highest BCUT2D eigenvalue weighted by atomic mass is 16.3. The summed E-state index contributed by atoms with van der Waals surface area (Å²) in [5, 5.41) is 9.61. The number of hydrogen-bond acceptors (Lipinski definition) is 1. The van der Waals surface area contributed by atoms with Crippen molar-refractivity contribution in [1.82, 2.24) is 0 Å². The summed E-state index contributed by atoms with van der Waals surface area (Å²) < 4.78 is 6.52. The van der Waals surface area contributed by atoms with Gasteiger partial charge in [-0.05, 0) is 90.3 Å².